The molecule has 0 aliphatic heterocycles. The molecule has 490 valence electrons. The molecular formula is C77H147NO5. The highest BCUT2D eigenvalue weighted by Gasteiger charge is 2.18. The Labute approximate surface area is 519 Å². The topological polar surface area (TPSA) is 95.9 Å². The van der Waals surface area contributed by atoms with Gasteiger partial charge >= 0.3 is 5.97 Å². The van der Waals surface area contributed by atoms with Crippen LogP contribution in [0.5, 0.6) is 0 Å². The SMILES string of the molecule is CCCCC/C=C\C/C=C\CCCCCCCCCCCC(=O)OCCCCCCCCCCCCCCCCCCCCCCCCCC(=O)NC(CO)C(O)/C=C/CCCCCCCCCCCCCCCCCCCCCCCC. The fourth-order valence-electron chi connectivity index (χ4n) is 11.9. The number of carbonyl (C=O) groups excluding carboxylic acids is 2. The molecule has 83 heavy (non-hydrogen) atoms. The fraction of sp³-hybridized carbons (Fsp3) is 0.896. The molecule has 2 atom stereocenters. The smallest absolute Gasteiger partial charge is 0.305 e. The molecule has 0 aromatic rings. The number of rotatable bonds is 71. The molecule has 0 fully saturated rings. The Morgan fingerprint density at radius 1 is 0.337 bits per heavy atom. The highest BCUT2D eigenvalue weighted by atomic mass is 16.5. The van der Waals surface area contributed by atoms with Crippen molar-refractivity contribution in [2.75, 3.05) is 13.2 Å². The lowest BCUT2D eigenvalue weighted by Gasteiger charge is -2.20. The van der Waals surface area contributed by atoms with Crippen LogP contribution in [0.1, 0.15) is 418 Å². The zero-order valence-electron chi connectivity index (χ0n) is 56.2. The van der Waals surface area contributed by atoms with Crippen LogP contribution in [0.25, 0.3) is 0 Å². The van der Waals surface area contributed by atoms with E-state index in [0.717, 1.165) is 51.4 Å². The summed E-state index contributed by atoms with van der Waals surface area (Å²) in [4.78, 5) is 24.7. The molecule has 0 aliphatic rings. The summed E-state index contributed by atoms with van der Waals surface area (Å²) < 4.78 is 5.51. The van der Waals surface area contributed by atoms with Gasteiger partial charge in [-0.2, -0.15) is 0 Å². The number of aliphatic hydroxyl groups excluding tert-OH is 2. The summed E-state index contributed by atoms with van der Waals surface area (Å²) >= 11 is 0. The Morgan fingerprint density at radius 2 is 0.602 bits per heavy atom. The largest absolute Gasteiger partial charge is 0.466 e. The number of hydrogen-bond donors (Lipinski definition) is 3. The van der Waals surface area contributed by atoms with E-state index in [4.69, 9.17) is 4.74 Å². The summed E-state index contributed by atoms with van der Waals surface area (Å²) in [6.45, 7) is 4.92. The van der Waals surface area contributed by atoms with Crippen molar-refractivity contribution in [1.82, 2.24) is 5.32 Å². The monoisotopic (exact) mass is 1170 g/mol. The van der Waals surface area contributed by atoms with Crippen LogP contribution in [-0.4, -0.2) is 47.4 Å². The average Bonchev–Trinajstić information content (AvgIpc) is 3.49. The first-order valence-electron chi connectivity index (χ1n) is 37.8. The van der Waals surface area contributed by atoms with Crippen molar-refractivity contribution in [2.24, 2.45) is 0 Å². The van der Waals surface area contributed by atoms with Gasteiger partial charge in [-0.15, -0.1) is 0 Å². The number of aliphatic hydroxyl groups is 2. The van der Waals surface area contributed by atoms with Crippen molar-refractivity contribution >= 4 is 11.9 Å². The molecule has 6 heteroatoms. The van der Waals surface area contributed by atoms with Gasteiger partial charge < -0.3 is 20.3 Å². The molecule has 0 aromatic carbocycles. The Morgan fingerprint density at radius 3 is 0.940 bits per heavy atom. The lowest BCUT2D eigenvalue weighted by Crippen LogP contribution is -2.45. The van der Waals surface area contributed by atoms with Crippen LogP contribution in [0, 0.1) is 0 Å². The predicted molar refractivity (Wildman–Crippen MR) is 366 cm³/mol. The van der Waals surface area contributed by atoms with E-state index in [1.54, 1.807) is 6.08 Å². The maximum atomic E-state index is 12.5. The molecule has 0 saturated carbocycles. The van der Waals surface area contributed by atoms with Crippen LogP contribution in [-0.2, 0) is 14.3 Å². The van der Waals surface area contributed by atoms with Gasteiger partial charge in [0, 0.05) is 12.8 Å². The molecular weight excluding hydrogens is 1020 g/mol. The molecule has 0 radical (unpaired) electrons. The molecule has 1 amide bonds. The molecule has 0 heterocycles. The Bertz CT molecular complexity index is 1340. The molecule has 0 bridgehead atoms. The van der Waals surface area contributed by atoms with E-state index >= 15 is 0 Å². The minimum Gasteiger partial charge on any atom is -0.466 e. The summed E-state index contributed by atoms with van der Waals surface area (Å²) in [5.74, 6) is -0.0519. The zero-order valence-corrected chi connectivity index (χ0v) is 56.2. The van der Waals surface area contributed by atoms with E-state index < -0.39 is 12.1 Å². The first-order chi connectivity index (χ1) is 41.0. The number of hydrogen-bond acceptors (Lipinski definition) is 5. The van der Waals surface area contributed by atoms with Crippen LogP contribution in [0.4, 0.5) is 0 Å². The third-order valence-corrected chi connectivity index (χ3v) is 17.7. The first kappa shape index (κ1) is 81.1. The van der Waals surface area contributed by atoms with Gasteiger partial charge in [-0.3, -0.25) is 9.59 Å². The van der Waals surface area contributed by atoms with E-state index in [-0.39, 0.29) is 18.5 Å². The van der Waals surface area contributed by atoms with Crippen LogP contribution in [0.15, 0.2) is 36.5 Å². The number of allylic oxidation sites excluding steroid dienone is 5. The molecule has 6 nitrogen and oxygen atoms in total. The minimum absolute atomic E-state index is 0.0110. The van der Waals surface area contributed by atoms with E-state index in [2.05, 4.69) is 43.5 Å². The summed E-state index contributed by atoms with van der Waals surface area (Å²) in [6.07, 6.45) is 93.8. The fourth-order valence-corrected chi connectivity index (χ4v) is 11.9. The maximum Gasteiger partial charge on any atom is 0.305 e. The third kappa shape index (κ3) is 69.1. The molecule has 0 aromatic heterocycles. The van der Waals surface area contributed by atoms with Crippen molar-refractivity contribution in [3.8, 4) is 0 Å². The highest BCUT2D eigenvalue weighted by molar-refractivity contribution is 5.76. The van der Waals surface area contributed by atoms with Gasteiger partial charge in [0.25, 0.3) is 0 Å². The number of nitrogens with one attached hydrogen (secondary N) is 1. The third-order valence-electron chi connectivity index (χ3n) is 17.7. The second-order valence-corrected chi connectivity index (χ2v) is 26.0. The van der Waals surface area contributed by atoms with Gasteiger partial charge in [-0.25, -0.2) is 0 Å². The number of ether oxygens (including phenoxy) is 1. The lowest BCUT2D eigenvalue weighted by atomic mass is 10.0. The van der Waals surface area contributed by atoms with Crippen LogP contribution in [0.3, 0.4) is 0 Å². The van der Waals surface area contributed by atoms with Gasteiger partial charge in [-0.1, -0.05) is 378 Å². The van der Waals surface area contributed by atoms with Gasteiger partial charge in [0.15, 0.2) is 0 Å². The van der Waals surface area contributed by atoms with Crippen LogP contribution in [0.2, 0.25) is 0 Å². The summed E-state index contributed by atoms with van der Waals surface area (Å²) in [6, 6.07) is -0.629. The van der Waals surface area contributed by atoms with Crippen molar-refractivity contribution in [1.29, 1.82) is 0 Å². The number of amides is 1. The normalized spacial score (nSPS) is 12.7. The Balaban J connectivity index is 3.39. The molecule has 0 spiro atoms. The maximum absolute atomic E-state index is 12.5. The predicted octanol–water partition coefficient (Wildman–Crippen LogP) is 24.7. The van der Waals surface area contributed by atoms with E-state index in [0.29, 0.717) is 19.4 Å². The molecule has 3 N–H and O–H groups in total. The summed E-state index contributed by atoms with van der Waals surface area (Å²) in [5, 5.41) is 23.3. The Kier molecular flexibility index (Phi) is 70.9. The van der Waals surface area contributed by atoms with Gasteiger partial charge in [0.05, 0.1) is 25.4 Å². The van der Waals surface area contributed by atoms with E-state index in [1.807, 2.05) is 6.08 Å². The molecule has 0 saturated heterocycles. The van der Waals surface area contributed by atoms with Crippen LogP contribution >= 0.6 is 0 Å². The van der Waals surface area contributed by atoms with Gasteiger partial charge in [0.1, 0.15) is 0 Å². The minimum atomic E-state index is -0.846. The zero-order chi connectivity index (χ0) is 59.9. The summed E-state index contributed by atoms with van der Waals surface area (Å²) in [5.41, 5.74) is 0. The second-order valence-electron chi connectivity index (χ2n) is 26.0. The molecule has 0 aliphatic carbocycles. The van der Waals surface area contributed by atoms with E-state index in [1.165, 1.54) is 340 Å². The molecule has 2 unspecified atom stereocenters. The number of esters is 1. The molecule has 0 rings (SSSR count). The quantitative estimate of drug-likeness (QED) is 0.0320. The van der Waals surface area contributed by atoms with Gasteiger partial charge in [0.2, 0.25) is 5.91 Å². The lowest BCUT2D eigenvalue weighted by molar-refractivity contribution is -0.143. The van der Waals surface area contributed by atoms with Crippen molar-refractivity contribution in [3.63, 3.8) is 0 Å². The first-order valence-corrected chi connectivity index (χ1v) is 37.8. The van der Waals surface area contributed by atoms with Crippen molar-refractivity contribution in [3.05, 3.63) is 36.5 Å². The average molecular weight is 1170 g/mol. The number of unbranched alkanes of at least 4 members (excludes halogenated alkanes) is 56. The van der Waals surface area contributed by atoms with Crippen molar-refractivity contribution < 1.29 is 24.5 Å². The number of carbonyl (C=O) groups is 2. The Hall–Kier alpha value is -1.92. The van der Waals surface area contributed by atoms with Crippen LogP contribution < -0.4 is 5.32 Å². The highest BCUT2D eigenvalue weighted by Crippen LogP contribution is 2.19. The van der Waals surface area contributed by atoms with Crippen molar-refractivity contribution in [2.45, 2.75) is 431 Å². The summed E-state index contributed by atoms with van der Waals surface area (Å²) in [7, 11) is 0. The second kappa shape index (κ2) is 72.6. The van der Waals surface area contributed by atoms with E-state index in [9.17, 15) is 19.8 Å². The standard InChI is InChI=1S/C77H147NO5/c1-3-5-7-9-11-13-15-17-19-21-23-24-25-27-30-34-37-41-45-49-53-57-61-65-69-75(80)74(73-79)78-76(81)70-66-62-58-54-50-46-42-38-35-31-28-26-29-32-36-40-44-48-52-56-60-64-68-72-83-77(82)71-67-63-59-55-51-47-43-39-33-22-20-18-16-14-12-10-8-6-4-2/h12,14,18,20,65,69,74-75,79-80H,3-11,13,15-17,19,21-64,66-68,70-73H2,1-2H3,(H,78,81)/b14-12-,20-18-,69-65+. The van der Waals surface area contributed by atoms with Gasteiger partial charge in [-0.05, 0) is 64.2 Å².